The van der Waals surface area contributed by atoms with Gasteiger partial charge in [0.25, 0.3) is 0 Å². The van der Waals surface area contributed by atoms with Crippen LogP contribution in [0.2, 0.25) is 0 Å². The van der Waals surface area contributed by atoms with Crippen molar-refractivity contribution < 1.29 is 9.90 Å². The Labute approximate surface area is 118 Å². The Kier molecular flexibility index (Phi) is 5.27. The number of aryl methyl sites for hydroxylation is 1. The Morgan fingerprint density at radius 2 is 2.47 bits per heavy atom. The lowest BCUT2D eigenvalue weighted by Gasteiger charge is -2.34. The second-order valence-corrected chi connectivity index (χ2v) is 6.03. The molecule has 1 fully saturated rings. The molecule has 0 spiro atoms. The molecule has 1 aromatic rings. The third-order valence-electron chi connectivity index (χ3n) is 3.39. The van der Waals surface area contributed by atoms with Gasteiger partial charge in [0.15, 0.2) is 0 Å². The SMILES string of the molecule is CCCn1cncc1CN1CCSCC1CC(=O)O. The fraction of sp³-hybridized carbons (Fsp3) is 0.692. The number of carboxylic acids is 1. The van der Waals surface area contributed by atoms with Crippen LogP contribution in [0.3, 0.4) is 0 Å². The van der Waals surface area contributed by atoms with E-state index >= 15 is 0 Å². The highest BCUT2D eigenvalue weighted by Gasteiger charge is 2.25. The summed E-state index contributed by atoms with van der Waals surface area (Å²) in [6.45, 7) is 4.88. The monoisotopic (exact) mass is 283 g/mol. The van der Waals surface area contributed by atoms with Gasteiger partial charge in [-0.1, -0.05) is 6.92 Å². The quantitative estimate of drug-likeness (QED) is 0.861. The molecule has 0 amide bonds. The summed E-state index contributed by atoms with van der Waals surface area (Å²) in [5.74, 6) is 1.28. The zero-order valence-corrected chi connectivity index (χ0v) is 12.1. The average Bonchev–Trinajstić information content (AvgIpc) is 2.79. The number of rotatable bonds is 6. The van der Waals surface area contributed by atoms with Crippen LogP contribution in [-0.2, 0) is 17.9 Å². The van der Waals surface area contributed by atoms with E-state index in [1.807, 2.05) is 24.3 Å². The molecule has 1 unspecified atom stereocenters. The van der Waals surface area contributed by atoms with Crippen molar-refractivity contribution in [3.05, 3.63) is 18.2 Å². The molecule has 1 N–H and O–H groups in total. The lowest BCUT2D eigenvalue weighted by molar-refractivity contribution is -0.138. The molecule has 1 saturated heterocycles. The summed E-state index contributed by atoms with van der Waals surface area (Å²) in [5.41, 5.74) is 1.18. The maximum atomic E-state index is 10.9. The maximum absolute atomic E-state index is 10.9. The molecule has 5 nitrogen and oxygen atoms in total. The van der Waals surface area contributed by atoms with Gasteiger partial charge in [0, 0.05) is 43.4 Å². The van der Waals surface area contributed by atoms with Crippen molar-refractivity contribution in [2.24, 2.45) is 0 Å². The van der Waals surface area contributed by atoms with E-state index in [-0.39, 0.29) is 12.5 Å². The number of aliphatic carboxylic acids is 1. The summed E-state index contributed by atoms with van der Waals surface area (Å²) >= 11 is 1.85. The van der Waals surface area contributed by atoms with Gasteiger partial charge in [0.1, 0.15) is 0 Å². The first-order valence-electron chi connectivity index (χ1n) is 6.73. The molecule has 1 atom stereocenters. The van der Waals surface area contributed by atoms with Crippen LogP contribution in [0.15, 0.2) is 12.5 Å². The fourth-order valence-electron chi connectivity index (χ4n) is 2.42. The van der Waals surface area contributed by atoms with Gasteiger partial charge in [0.05, 0.1) is 18.4 Å². The molecule has 1 aliphatic rings. The first kappa shape index (κ1) is 14.4. The number of hydrogen-bond acceptors (Lipinski definition) is 4. The van der Waals surface area contributed by atoms with Crippen LogP contribution < -0.4 is 0 Å². The Bertz CT molecular complexity index is 422. The molecule has 2 heterocycles. The molecule has 0 aromatic carbocycles. The third-order valence-corrected chi connectivity index (χ3v) is 4.48. The number of imidazole rings is 1. The minimum Gasteiger partial charge on any atom is -0.481 e. The number of aromatic nitrogens is 2. The Morgan fingerprint density at radius 1 is 1.63 bits per heavy atom. The zero-order chi connectivity index (χ0) is 13.7. The van der Waals surface area contributed by atoms with Gasteiger partial charge in [-0.05, 0) is 6.42 Å². The van der Waals surface area contributed by atoms with Gasteiger partial charge >= 0.3 is 5.97 Å². The van der Waals surface area contributed by atoms with Crippen molar-refractivity contribution in [2.45, 2.75) is 38.9 Å². The number of thioether (sulfide) groups is 1. The molecule has 0 aliphatic carbocycles. The predicted molar refractivity (Wildman–Crippen MR) is 76.3 cm³/mol. The van der Waals surface area contributed by atoms with Gasteiger partial charge < -0.3 is 9.67 Å². The summed E-state index contributed by atoms with van der Waals surface area (Å²) in [6, 6.07) is 0.140. The van der Waals surface area contributed by atoms with Crippen molar-refractivity contribution in [1.29, 1.82) is 0 Å². The molecule has 0 bridgehead atoms. The summed E-state index contributed by atoms with van der Waals surface area (Å²) in [7, 11) is 0. The van der Waals surface area contributed by atoms with Gasteiger partial charge in [-0.25, -0.2) is 4.98 Å². The van der Waals surface area contributed by atoms with E-state index in [4.69, 9.17) is 5.11 Å². The molecule has 1 aliphatic heterocycles. The number of hydrogen-bond donors (Lipinski definition) is 1. The van der Waals surface area contributed by atoms with Gasteiger partial charge in [-0.3, -0.25) is 9.69 Å². The van der Waals surface area contributed by atoms with Crippen molar-refractivity contribution in [3.63, 3.8) is 0 Å². The Morgan fingerprint density at radius 3 is 3.21 bits per heavy atom. The highest BCUT2D eigenvalue weighted by Crippen LogP contribution is 2.21. The molecule has 1 aromatic heterocycles. The number of carboxylic acid groups (broad SMARTS) is 1. The largest absolute Gasteiger partial charge is 0.481 e. The van der Waals surface area contributed by atoms with Crippen LogP contribution in [0.25, 0.3) is 0 Å². The molecular weight excluding hydrogens is 262 g/mol. The predicted octanol–water partition coefficient (Wildman–Crippen LogP) is 1.69. The van der Waals surface area contributed by atoms with E-state index < -0.39 is 5.97 Å². The molecule has 0 saturated carbocycles. The lowest BCUT2D eigenvalue weighted by atomic mass is 10.2. The molecule has 0 radical (unpaired) electrons. The minimum absolute atomic E-state index is 0.140. The van der Waals surface area contributed by atoms with Gasteiger partial charge in [-0.2, -0.15) is 11.8 Å². The normalized spacial score (nSPS) is 20.6. The Hall–Kier alpha value is -1.01. The molecular formula is C13H21N3O2S. The van der Waals surface area contributed by atoms with Crippen LogP contribution in [0.5, 0.6) is 0 Å². The second-order valence-electron chi connectivity index (χ2n) is 4.88. The first-order chi connectivity index (χ1) is 9.20. The lowest BCUT2D eigenvalue weighted by Crippen LogP contribution is -2.43. The summed E-state index contributed by atoms with van der Waals surface area (Å²) in [4.78, 5) is 17.4. The average molecular weight is 283 g/mol. The van der Waals surface area contributed by atoms with Gasteiger partial charge in [0.2, 0.25) is 0 Å². The van der Waals surface area contributed by atoms with E-state index in [9.17, 15) is 4.79 Å². The molecule has 6 heteroatoms. The van der Waals surface area contributed by atoms with Crippen molar-refractivity contribution in [2.75, 3.05) is 18.1 Å². The van der Waals surface area contributed by atoms with Crippen molar-refractivity contribution >= 4 is 17.7 Å². The van der Waals surface area contributed by atoms with E-state index in [0.717, 1.165) is 37.6 Å². The Balaban J connectivity index is 2.02. The van der Waals surface area contributed by atoms with E-state index in [2.05, 4.69) is 21.4 Å². The van der Waals surface area contributed by atoms with Crippen LogP contribution >= 0.6 is 11.8 Å². The zero-order valence-electron chi connectivity index (χ0n) is 11.3. The van der Waals surface area contributed by atoms with Crippen LogP contribution in [0.1, 0.15) is 25.5 Å². The van der Waals surface area contributed by atoms with Crippen LogP contribution in [0, 0.1) is 0 Å². The molecule has 106 valence electrons. The third kappa shape index (κ3) is 3.98. The van der Waals surface area contributed by atoms with E-state index in [1.54, 1.807) is 0 Å². The minimum atomic E-state index is -0.709. The first-order valence-corrected chi connectivity index (χ1v) is 7.88. The van der Waals surface area contributed by atoms with Gasteiger partial charge in [-0.15, -0.1) is 0 Å². The highest BCUT2D eigenvalue weighted by atomic mass is 32.2. The van der Waals surface area contributed by atoms with E-state index in [0.29, 0.717) is 0 Å². The van der Waals surface area contributed by atoms with Crippen molar-refractivity contribution in [3.8, 4) is 0 Å². The summed E-state index contributed by atoms with van der Waals surface area (Å²) < 4.78 is 2.17. The number of nitrogens with zero attached hydrogens (tertiary/aromatic N) is 3. The standard InChI is InChI=1S/C13H21N3O2S/c1-2-3-16-10-14-7-12(16)8-15-4-5-19-9-11(15)6-13(17)18/h7,10-11H,2-6,8-9H2,1H3,(H,17,18). The second kappa shape index (κ2) is 6.96. The summed E-state index contributed by atoms with van der Waals surface area (Å²) in [6.07, 6.45) is 5.08. The van der Waals surface area contributed by atoms with Crippen LogP contribution in [-0.4, -0.2) is 49.6 Å². The number of carbonyl (C=O) groups is 1. The molecule has 19 heavy (non-hydrogen) atoms. The summed E-state index contributed by atoms with van der Waals surface area (Å²) in [5, 5.41) is 8.99. The smallest absolute Gasteiger partial charge is 0.304 e. The molecule has 2 rings (SSSR count). The van der Waals surface area contributed by atoms with Crippen LogP contribution in [0.4, 0.5) is 0 Å². The topological polar surface area (TPSA) is 58.4 Å². The van der Waals surface area contributed by atoms with E-state index in [1.165, 1.54) is 5.69 Å². The van der Waals surface area contributed by atoms with Crippen molar-refractivity contribution in [1.82, 2.24) is 14.5 Å². The maximum Gasteiger partial charge on any atom is 0.304 e. The highest BCUT2D eigenvalue weighted by molar-refractivity contribution is 7.99. The fourth-order valence-corrected chi connectivity index (χ4v) is 3.55.